The van der Waals surface area contributed by atoms with Crippen LogP contribution in [0.3, 0.4) is 0 Å². The molecule has 0 unspecified atom stereocenters. The van der Waals surface area contributed by atoms with Crippen LogP contribution in [0.1, 0.15) is 11.1 Å². The van der Waals surface area contributed by atoms with Crippen LogP contribution in [0.15, 0.2) is 42.0 Å². The molecule has 0 aromatic heterocycles. The molecule has 0 aliphatic carbocycles. The second-order valence-corrected chi connectivity index (χ2v) is 6.14. The normalized spacial score (nSPS) is 10.6. The third kappa shape index (κ3) is 5.04. The molecule has 0 bridgehead atoms. The molecule has 1 N–H and O–H groups in total. The van der Waals surface area contributed by atoms with Gasteiger partial charge in [0.2, 0.25) is 0 Å². The molecule has 0 fully saturated rings. The number of nitrogens with one attached hydrogen (secondary N) is 1. The van der Waals surface area contributed by atoms with Gasteiger partial charge >= 0.3 is 0 Å². The summed E-state index contributed by atoms with van der Waals surface area (Å²) in [6.45, 7) is 1.89. The molecule has 2 aromatic rings. The minimum atomic E-state index is -0.558. The van der Waals surface area contributed by atoms with E-state index in [-0.39, 0.29) is 23.0 Å². The number of nitrogens with zero attached hydrogens (tertiary/aromatic N) is 1. The number of terminal acetylenes is 1. The Balaban J connectivity index is 2.37. The van der Waals surface area contributed by atoms with E-state index < -0.39 is 5.91 Å². The Labute approximate surface area is 162 Å². The van der Waals surface area contributed by atoms with Crippen LogP contribution in [0, 0.1) is 30.6 Å². The maximum absolute atomic E-state index is 12.4. The highest BCUT2D eigenvalue weighted by Crippen LogP contribution is 2.34. The number of nitriles is 1. The number of hydrogen-bond donors (Lipinski definition) is 1. The third-order valence-electron chi connectivity index (χ3n) is 3.28. The first-order chi connectivity index (χ1) is 12.4. The molecule has 0 atom stereocenters. The van der Waals surface area contributed by atoms with E-state index in [1.807, 2.05) is 25.1 Å². The number of halogens is 2. The molecule has 0 radical (unpaired) electrons. The van der Waals surface area contributed by atoms with Gasteiger partial charge in [-0.1, -0.05) is 41.3 Å². The van der Waals surface area contributed by atoms with E-state index in [1.54, 1.807) is 12.1 Å². The quantitative estimate of drug-likeness (QED) is 0.454. The van der Waals surface area contributed by atoms with Crippen molar-refractivity contribution in [2.24, 2.45) is 0 Å². The molecular formula is C20H14Cl2N2O2. The number of rotatable bonds is 5. The molecule has 2 aromatic carbocycles. The molecule has 2 rings (SSSR count). The fourth-order valence-electron chi connectivity index (χ4n) is 2.18. The topological polar surface area (TPSA) is 62.1 Å². The van der Waals surface area contributed by atoms with E-state index >= 15 is 0 Å². The Hall–Kier alpha value is -2.92. The van der Waals surface area contributed by atoms with Crippen molar-refractivity contribution < 1.29 is 9.53 Å². The molecule has 0 spiro atoms. The first-order valence-electron chi connectivity index (χ1n) is 7.49. The average Bonchev–Trinajstić information content (AvgIpc) is 2.58. The molecule has 6 heteroatoms. The van der Waals surface area contributed by atoms with Gasteiger partial charge in [0.25, 0.3) is 5.91 Å². The summed E-state index contributed by atoms with van der Waals surface area (Å²) >= 11 is 12.1. The van der Waals surface area contributed by atoms with Crippen molar-refractivity contribution in [1.29, 1.82) is 5.26 Å². The smallest absolute Gasteiger partial charge is 0.266 e. The minimum absolute atomic E-state index is 0.0143. The third-order valence-corrected chi connectivity index (χ3v) is 3.78. The lowest BCUT2D eigenvalue weighted by Crippen LogP contribution is -2.13. The highest BCUT2D eigenvalue weighted by atomic mass is 35.5. The molecule has 26 heavy (non-hydrogen) atoms. The largest absolute Gasteiger partial charge is 0.479 e. The van der Waals surface area contributed by atoms with Crippen molar-refractivity contribution in [3.63, 3.8) is 0 Å². The van der Waals surface area contributed by atoms with Gasteiger partial charge in [0, 0.05) is 16.3 Å². The molecule has 1 amide bonds. The SMILES string of the molecule is C#CCOc1c(Cl)cc(Cl)cc1/C=C(\C#N)C(=O)Nc1cccc(C)c1. The van der Waals surface area contributed by atoms with Crippen LogP contribution in [0.5, 0.6) is 5.75 Å². The molecule has 0 aliphatic heterocycles. The van der Waals surface area contributed by atoms with E-state index in [1.165, 1.54) is 18.2 Å². The molecular weight excluding hydrogens is 371 g/mol. The van der Waals surface area contributed by atoms with Crippen molar-refractivity contribution in [1.82, 2.24) is 0 Å². The van der Waals surface area contributed by atoms with Crippen molar-refractivity contribution in [2.45, 2.75) is 6.92 Å². The predicted molar refractivity (Wildman–Crippen MR) is 104 cm³/mol. The van der Waals surface area contributed by atoms with Crippen LogP contribution in [-0.4, -0.2) is 12.5 Å². The van der Waals surface area contributed by atoms with Crippen LogP contribution in [-0.2, 0) is 4.79 Å². The molecule has 0 saturated heterocycles. The zero-order chi connectivity index (χ0) is 19.1. The average molecular weight is 385 g/mol. The lowest BCUT2D eigenvalue weighted by atomic mass is 10.1. The van der Waals surface area contributed by atoms with Gasteiger partial charge in [-0.2, -0.15) is 5.26 Å². The zero-order valence-electron chi connectivity index (χ0n) is 13.8. The Morgan fingerprint density at radius 1 is 1.35 bits per heavy atom. The van der Waals surface area contributed by atoms with Crippen LogP contribution in [0.4, 0.5) is 5.69 Å². The van der Waals surface area contributed by atoms with E-state index in [0.29, 0.717) is 16.3 Å². The van der Waals surface area contributed by atoms with Gasteiger partial charge < -0.3 is 10.1 Å². The number of carbonyl (C=O) groups excluding carboxylic acids is 1. The summed E-state index contributed by atoms with van der Waals surface area (Å²) in [4.78, 5) is 12.4. The summed E-state index contributed by atoms with van der Waals surface area (Å²) in [6.07, 6.45) is 6.56. The van der Waals surface area contributed by atoms with Gasteiger partial charge in [-0.15, -0.1) is 6.42 Å². The van der Waals surface area contributed by atoms with Gasteiger partial charge in [-0.05, 0) is 42.8 Å². The number of ether oxygens (including phenoxy) is 1. The standard InChI is InChI=1S/C20H14Cl2N2O2/c1-3-7-26-19-14(10-16(21)11-18(19)22)9-15(12-23)20(25)24-17-6-4-5-13(2)8-17/h1,4-6,8-11H,7H2,2H3,(H,24,25)/b15-9+. The number of anilines is 1. The van der Waals surface area contributed by atoms with Gasteiger partial charge in [0.1, 0.15) is 24.0 Å². The van der Waals surface area contributed by atoms with E-state index in [2.05, 4.69) is 11.2 Å². The summed E-state index contributed by atoms with van der Waals surface area (Å²) in [5, 5.41) is 12.6. The highest BCUT2D eigenvalue weighted by molar-refractivity contribution is 6.36. The van der Waals surface area contributed by atoms with Crippen LogP contribution < -0.4 is 10.1 Å². The number of aryl methyl sites for hydroxylation is 1. The summed E-state index contributed by atoms with van der Waals surface area (Å²) in [5.74, 6) is 2.03. The van der Waals surface area contributed by atoms with Gasteiger partial charge in [-0.3, -0.25) is 4.79 Å². The zero-order valence-corrected chi connectivity index (χ0v) is 15.4. The summed E-state index contributed by atoms with van der Waals surface area (Å²) in [7, 11) is 0. The van der Waals surface area contributed by atoms with Gasteiger partial charge in [0.15, 0.2) is 0 Å². The second-order valence-electron chi connectivity index (χ2n) is 5.29. The number of hydrogen-bond acceptors (Lipinski definition) is 3. The van der Waals surface area contributed by atoms with Crippen LogP contribution in [0.25, 0.3) is 6.08 Å². The Kier molecular flexibility index (Phi) is 6.69. The molecule has 0 saturated carbocycles. The van der Waals surface area contributed by atoms with Crippen LogP contribution in [0.2, 0.25) is 10.0 Å². The maximum atomic E-state index is 12.4. The number of amides is 1. The van der Waals surface area contributed by atoms with Crippen molar-refractivity contribution in [3.05, 3.63) is 63.1 Å². The fourth-order valence-corrected chi connectivity index (χ4v) is 2.74. The molecule has 0 heterocycles. The van der Waals surface area contributed by atoms with Gasteiger partial charge in [-0.25, -0.2) is 0 Å². The van der Waals surface area contributed by atoms with Crippen molar-refractivity contribution in [3.8, 4) is 24.2 Å². The number of benzene rings is 2. The first kappa shape index (κ1) is 19.4. The Morgan fingerprint density at radius 2 is 2.12 bits per heavy atom. The fraction of sp³-hybridized carbons (Fsp3) is 0.100. The highest BCUT2D eigenvalue weighted by Gasteiger charge is 2.14. The lowest BCUT2D eigenvalue weighted by Gasteiger charge is -2.10. The second kappa shape index (κ2) is 8.97. The molecule has 0 aliphatic rings. The van der Waals surface area contributed by atoms with Crippen molar-refractivity contribution >= 4 is 40.9 Å². The van der Waals surface area contributed by atoms with Gasteiger partial charge in [0.05, 0.1) is 5.02 Å². The van der Waals surface area contributed by atoms with E-state index in [9.17, 15) is 10.1 Å². The maximum Gasteiger partial charge on any atom is 0.266 e. The summed E-state index contributed by atoms with van der Waals surface area (Å²) in [6, 6.07) is 12.1. The van der Waals surface area contributed by atoms with E-state index in [0.717, 1.165) is 5.56 Å². The lowest BCUT2D eigenvalue weighted by molar-refractivity contribution is -0.112. The molecule has 130 valence electrons. The monoisotopic (exact) mass is 384 g/mol. The Bertz CT molecular complexity index is 953. The summed E-state index contributed by atoms with van der Waals surface area (Å²) < 4.78 is 5.42. The predicted octanol–water partition coefficient (Wildman–Crippen LogP) is 4.86. The Morgan fingerprint density at radius 3 is 2.77 bits per heavy atom. The van der Waals surface area contributed by atoms with Crippen LogP contribution >= 0.6 is 23.2 Å². The summed E-state index contributed by atoms with van der Waals surface area (Å²) in [5.41, 5.74) is 1.82. The molecule has 4 nitrogen and oxygen atoms in total. The number of carbonyl (C=O) groups is 1. The first-order valence-corrected chi connectivity index (χ1v) is 8.25. The minimum Gasteiger partial charge on any atom is -0.479 e. The van der Waals surface area contributed by atoms with Crippen molar-refractivity contribution in [2.75, 3.05) is 11.9 Å². The van der Waals surface area contributed by atoms with E-state index in [4.69, 9.17) is 34.4 Å².